The molecular weight excluding hydrogens is 368 g/mol. The minimum atomic E-state index is -0.382. The van der Waals surface area contributed by atoms with Crippen molar-refractivity contribution in [2.24, 2.45) is 0 Å². The third-order valence-corrected chi connectivity index (χ3v) is 3.71. The van der Waals surface area contributed by atoms with E-state index in [2.05, 4.69) is 10.6 Å². The Morgan fingerprint density at radius 1 is 1.00 bits per heavy atom. The monoisotopic (exact) mass is 383 g/mol. The molecule has 0 bridgehead atoms. The fraction of sp³-hybridized carbons (Fsp3) is 0.176. The minimum absolute atomic E-state index is 0.000847. The zero-order valence-corrected chi connectivity index (χ0v) is 14.9. The third-order valence-electron chi connectivity index (χ3n) is 3.16. The normalized spacial score (nSPS) is 10.6. The second-order valence-electron chi connectivity index (χ2n) is 5.40. The lowest BCUT2D eigenvalue weighted by atomic mass is 10.3. The summed E-state index contributed by atoms with van der Waals surface area (Å²) in [5.74, 6) is -1.01. The van der Waals surface area contributed by atoms with Gasteiger partial charge >= 0.3 is 0 Å². The maximum absolute atomic E-state index is 12.8. The highest BCUT2D eigenvalue weighted by Crippen LogP contribution is 2.25. The van der Waals surface area contributed by atoms with E-state index in [0.717, 1.165) is 0 Å². The second-order valence-corrected chi connectivity index (χ2v) is 6.24. The van der Waals surface area contributed by atoms with Gasteiger partial charge in [0.05, 0.1) is 23.8 Å². The minimum Gasteiger partial charge on any atom is -0.325 e. The molecule has 0 atom stereocenters. The van der Waals surface area contributed by atoms with E-state index in [4.69, 9.17) is 23.2 Å². The maximum Gasteiger partial charge on any atom is 0.238 e. The Balaban J connectivity index is 1.82. The molecule has 2 rings (SSSR count). The van der Waals surface area contributed by atoms with Crippen molar-refractivity contribution in [1.29, 1.82) is 0 Å². The number of nitrogens with zero attached hydrogens (tertiary/aromatic N) is 1. The van der Waals surface area contributed by atoms with Crippen LogP contribution < -0.4 is 10.6 Å². The summed E-state index contributed by atoms with van der Waals surface area (Å²) in [6.07, 6.45) is 0. The topological polar surface area (TPSA) is 61.4 Å². The molecule has 2 amide bonds. The largest absolute Gasteiger partial charge is 0.325 e. The molecule has 132 valence electrons. The number of benzene rings is 2. The first-order valence-electron chi connectivity index (χ1n) is 7.32. The first kappa shape index (κ1) is 19.2. The Labute approximate surface area is 154 Å². The number of halogens is 3. The molecule has 0 saturated heterocycles. The van der Waals surface area contributed by atoms with Gasteiger partial charge in [-0.15, -0.1) is 0 Å². The molecule has 0 spiro atoms. The Morgan fingerprint density at radius 3 is 2.20 bits per heavy atom. The molecule has 0 aliphatic rings. The molecule has 0 radical (unpaired) electrons. The SMILES string of the molecule is CN(CC(=O)Nc1ccc(F)cc1)CC(=O)Nc1ccc(Cl)cc1Cl. The molecule has 0 heterocycles. The average molecular weight is 384 g/mol. The van der Waals surface area contributed by atoms with Crippen molar-refractivity contribution < 1.29 is 14.0 Å². The summed E-state index contributed by atoms with van der Waals surface area (Å²) in [6, 6.07) is 10.2. The number of carbonyl (C=O) groups is 2. The lowest BCUT2D eigenvalue weighted by molar-refractivity contribution is -0.119. The van der Waals surface area contributed by atoms with Gasteiger partial charge in [0.1, 0.15) is 5.82 Å². The number of hydrogen-bond donors (Lipinski definition) is 2. The number of amides is 2. The van der Waals surface area contributed by atoms with Gasteiger partial charge in [0.15, 0.2) is 0 Å². The molecule has 0 saturated carbocycles. The summed E-state index contributed by atoms with van der Waals surface area (Å²) in [5.41, 5.74) is 0.928. The number of rotatable bonds is 6. The van der Waals surface area contributed by atoms with E-state index < -0.39 is 0 Å². The molecule has 0 aromatic heterocycles. The zero-order chi connectivity index (χ0) is 18.4. The number of carbonyl (C=O) groups excluding carboxylic acids is 2. The number of likely N-dealkylation sites (N-methyl/N-ethyl adjacent to an activating group) is 1. The van der Waals surface area contributed by atoms with Crippen LogP contribution in [0.2, 0.25) is 10.0 Å². The number of hydrogen-bond acceptors (Lipinski definition) is 3. The van der Waals surface area contributed by atoms with Crippen molar-refractivity contribution in [2.45, 2.75) is 0 Å². The van der Waals surface area contributed by atoms with E-state index in [1.807, 2.05) is 0 Å². The van der Waals surface area contributed by atoms with Gasteiger partial charge in [-0.1, -0.05) is 23.2 Å². The van der Waals surface area contributed by atoms with Crippen LogP contribution in [0.3, 0.4) is 0 Å². The van der Waals surface area contributed by atoms with Gasteiger partial charge in [-0.25, -0.2) is 4.39 Å². The van der Waals surface area contributed by atoms with Gasteiger partial charge < -0.3 is 10.6 Å². The second kappa shape index (κ2) is 8.80. The lowest BCUT2D eigenvalue weighted by Gasteiger charge is -2.16. The van der Waals surface area contributed by atoms with Gasteiger partial charge in [0.2, 0.25) is 11.8 Å². The maximum atomic E-state index is 12.8. The van der Waals surface area contributed by atoms with Crippen LogP contribution >= 0.6 is 23.2 Å². The summed E-state index contributed by atoms with van der Waals surface area (Å²) in [5, 5.41) is 6.08. The van der Waals surface area contributed by atoms with Gasteiger partial charge in [0.25, 0.3) is 0 Å². The highest BCUT2D eigenvalue weighted by Gasteiger charge is 2.12. The van der Waals surface area contributed by atoms with Crippen LogP contribution in [0.5, 0.6) is 0 Å². The Morgan fingerprint density at radius 2 is 1.60 bits per heavy atom. The highest BCUT2D eigenvalue weighted by molar-refractivity contribution is 6.36. The van der Waals surface area contributed by atoms with Crippen molar-refractivity contribution >= 4 is 46.4 Å². The Hall–Kier alpha value is -2.15. The Bertz CT molecular complexity index is 769. The molecule has 0 aliphatic carbocycles. The molecule has 2 N–H and O–H groups in total. The quantitative estimate of drug-likeness (QED) is 0.800. The molecule has 0 unspecified atom stereocenters. The van der Waals surface area contributed by atoms with Gasteiger partial charge in [-0.05, 0) is 49.5 Å². The summed E-state index contributed by atoms with van der Waals surface area (Å²) >= 11 is 11.8. The number of nitrogens with one attached hydrogen (secondary N) is 2. The summed E-state index contributed by atoms with van der Waals surface area (Å²) < 4.78 is 12.8. The lowest BCUT2D eigenvalue weighted by Crippen LogP contribution is -2.36. The van der Waals surface area contributed by atoms with Crippen LogP contribution in [0, 0.1) is 5.82 Å². The fourth-order valence-electron chi connectivity index (χ4n) is 2.06. The summed E-state index contributed by atoms with van der Waals surface area (Å²) in [6.45, 7) is -0.00502. The predicted octanol–water partition coefficient (Wildman–Crippen LogP) is 3.64. The van der Waals surface area contributed by atoms with Crippen LogP contribution in [0.1, 0.15) is 0 Å². The van der Waals surface area contributed by atoms with Crippen LogP contribution in [0.25, 0.3) is 0 Å². The van der Waals surface area contributed by atoms with Crippen molar-refractivity contribution in [3.63, 3.8) is 0 Å². The van der Waals surface area contributed by atoms with Crippen molar-refractivity contribution in [3.05, 3.63) is 58.3 Å². The standard InChI is InChI=1S/C17H16Cl2FN3O2/c1-23(9-16(24)21-13-5-3-12(20)4-6-13)10-17(25)22-15-7-2-11(18)8-14(15)19/h2-8H,9-10H2,1H3,(H,21,24)(H,22,25). The van der Waals surface area contributed by atoms with Crippen LogP contribution in [-0.2, 0) is 9.59 Å². The average Bonchev–Trinajstić information content (AvgIpc) is 2.52. The smallest absolute Gasteiger partial charge is 0.238 e. The fourth-order valence-corrected chi connectivity index (χ4v) is 2.52. The van der Waals surface area contributed by atoms with Crippen molar-refractivity contribution in [3.8, 4) is 0 Å². The molecular formula is C17H16Cl2FN3O2. The zero-order valence-electron chi connectivity index (χ0n) is 13.4. The molecule has 0 aliphatic heterocycles. The van der Waals surface area contributed by atoms with E-state index >= 15 is 0 Å². The highest BCUT2D eigenvalue weighted by atomic mass is 35.5. The van der Waals surface area contributed by atoms with Crippen molar-refractivity contribution in [1.82, 2.24) is 4.90 Å². The first-order valence-corrected chi connectivity index (χ1v) is 8.08. The van der Waals surface area contributed by atoms with Crippen LogP contribution in [0.15, 0.2) is 42.5 Å². The first-order chi connectivity index (χ1) is 11.8. The summed E-state index contributed by atoms with van der Waals surface area (Å²) in [7, 11) is 1.63. The van der Waals surface area contributed by atoms with E-state index in [9.17, 15) is 14.0 Å². The summed E-state index contributed by atoms with van der Waals surface area (Å²) in [4.78, 5) is 25.5. The van der Waals surface area contributed by atoms with E-state index in [1.165, 1.54) is 35.2 Å². The van der Waals surface area contributed by atoms with Crippen molar-refractivity contribution in [2.75, 3.05) is 30.8 Å². The van der Waals surface area contributed by atoms with Crippen LogP contribution in [0.4, 0.5) is 15.8 Å². The Kier molecular flexibility index (Phi) is 6.75. The molecule has 5 nitrogen and oxygen atoms in total. The molecule has 2 aromatic carbocycles. The molecule has 8 heteroatoms. The number of anilines is 2. The van der Waals surface area contributed by atoms with E-state index in [1.54, 1.807) is 19.2 Å². The van der Waals surface area contributed by atoms with Gasteiger partial charge in [0, 0.05) is 10.7 Å². The predicted molar refractivity (Wildman–Crippen MR) is 97.6 cm³/mol. The molecule has 0 fully saturated rings. The third kappa shape index (κ3) is 6.34. The van der Waals surface area contributed by atoms with Crippen LogP contribution in [-0.4, -0.2) is 36.9 Å². The molecule has 25 heavy (non-hydrogen) atoms. The van der Waals surface area contributed by atoms with Gasteiger partial charge in [-0.3, -0.25) is 14.5 Å². The molecule has 2 aromatic rings. The van der Waals surface area contributed by atoms with E-state index in [0.29, 0.717) is 21.4 Å². The van der Waals surface area contributed by atoms with Gasteiger partial charge in [-0.2, -0.15) is 0 Å². The van der Waals surface area contributed by atoms with E-state index in [-0.39, 0.29) is 30.7 Å².